The fraction of sp³-hybridized carbons (Fsp3) is 0.550. The monoisotopic (exact) mass is 452 g/mol. The quantitative estimate of drug-likeness (QED) is 0.580. The summed E-state index contributed by atoms with van der Waals surface area (Å²) in [4.78, 5) is 12.6. The molecule has 0 radical (unpaired) electrons. The van der Waals surface area contributed by atoms with E-state index >= 15 is 0 Å². The summed E-state index contributed by atoms with van der Waals surface area (Å²) in [6, 6.07) is 3.26. The number of thioether (sulfide) groups is 1. The van der Waals surface area contributed by atoms with Gasteiger partial charge in [-0.3, -0.25) is 4.79 Å². The Morgan fingerprint density at radius 1 is 1.27 bits per heavy atom. The molecular weight excluding hydrogens is 428 g/mol. The fourth-order valence-electron chi connectivity index (χ4n) is 3.49. The van der Waals surface area contributed by atoms with E-state index in [2.05, 4.69) is 20.1 Å². The first kappa shape index (κ1) is 21.3. The minimum absolute atomic E-state index is 0.178. The molecule has 8 nitrogen and oxygen atoms in total. The van der Waals surface area contributed by atoms with Crippen LogP contribution >= 0.6 is 23.4 Å². The van der Waals surface area contributed by atoms with E-state index in [0.29, 0.717) is 28.1 Å². The highest BCUT2D eigenvalue weighted by atomic mass is 35.5. The van der Waals surface area contributed by atoms with Gasteiger partial charge in [0.05, 0.1) is 43.3 Å². The third kappa shape index (κ3) is 4.84. The van der Waals surface area contributed by atoms with Crippen LogP contribution < -0.4 is 14.8 Å². The number of nitrogens with one attached hydrogen (secondary N) is 1. The molecule has 1 amide bonds. The van der Waals surface area contributed by atoms with E-state index < -0.39 is 0 Å². The number of halogens is 1. The Hall–Kier alpha value is -1.97. The number of rotatable bonds is 9. The van der Waals surface area contributed by atoms with E-state index in [1.807, 2.05) is 0 Å². The van der Waals surface area contributed by atoms with Crippen molar-refractivity contribution in [1.29, 1.82) is 0 Å². The minimum Gasteiger partial charge on any atom is -0.495 e. The summed E-state index contributed by atoms with van der Waals surface area (Å²) in [6.07, 6.45) is 4.62. The summed E-state index contributed by atoms with van der Waals surface area (Å²) < 4.78 is 18.5. The first-order valence-electron chi connectivity index (χ1n) is 9.98. The van der Waals surface area contributed by atoms with Crippen LogP contribution in [0.4, 0.5) is 5.69 Å². The molecule has 0 bridgehead atoms. The molecule has 2 heterocycles. The molecule has 0 spiro atoms. The summed E-state index contributed by atoms with van der Waals surface area (Å²) >= 11 is 7.50. The zero-order valence-corrected chi connectivity index (χ0v) is 18.6. The highest BCUT2D eigenvalue weighted by Crippen LogP contribution is 2.40. The SMILES string of the molecule is COc1cc(NC(=O)CSc2nnc(C3CC3)n2CC2CCCO2)c(OC)cc1Cl. The molecule has 30 heavy (non-hydrogen) atoms. The Bertz CT molecular complexity index is 912. The van der Waals surface area contributed by atoms with Gasteiger partial charge in [0.1, 0.15) is 17.3 Å². The van der Waals surface area contributed by atoms with Crippen molar-refractivity contribution in [3.05, 3.63) is 23.0 Å². The number of methoxy groups -OCH3 is 2. The van der Waals surface area contributed by atoms with E-state index in [4.69, 9.17) is 25.8 Å². The molecule has 2 fully saturated rings. The Morgan fingerprint density at radius 3 is 2.73 bits per heavy atom. The summed E-state index contributed by atoms with van der Waals surface area (Å²) in [7, 11) is 3.04. The lowest BCUT2D eigenvalue weighted by Gasteiger charge is -2.15. The van der Waals surface area contributed by atoms with Gasteiger partial charge in [-0.25, -0.2) is 0 Å². The third-order valence-electron chi connectivity index (χ3n) is 5.18. The van der Waals surface area contributed by atoms with Crippen LogP contribution in [-0.2, 0) is 16.1 Å². The van der Waals surface area contributed by atoms with Crippen molar-refractivity contribution < 1.29 is 19.0 Å². The molecule has 1 saturated heterocycles. The van der Waals surface area contributed by atoms with Gasteiger partial charge in [-0.1, -0.05) is 23.4 Å². The standard InChI is InChI=1S/C20H25ClN4O4S/c1-27-16-9-15(17(28-2)8-14(16)21)22-18(26)11-30-20-24-23-19(12-5-6-12)25(20)10-13-4-3-7-29-13/h8-9,12-13H,3-7,10-11H2,1-2H3,(H,22,26). The average molecular weight is 453 g/mol. The molecule has 1 atom stereocenters. The van der Waals surface area contributed by atoms with Crippen molar-refractivity contribution in [2.75, 3.05) is 31.9 Å². The van der Waals surface area contributed by atoms with Crippen LogP contribution in [0, 0.1) is 0 Å². The maximum atomic E-state index is 12.6. The van der Waals surface area contributed by atoms with Gasteiger partial charge in [0, 0.05) is 24.7 Å². The van der Waals surface area contributed by atoms with Gasteiger partial charge < -0.3 is 24.1 Å². The second-order valence-corrected chi connectivity index (χ2v) is 8.73. The number of anilines is 1. The minimum atomic E-state index is -0.178. The number of hydrogen-bond acceptors (Lipinski definition) is 7. The topological polar surface area (TPSA) is 87.5 Å². The maximum Gasteiger partial charge on any atom is 0.234 e. The lowest BCUT2D eigenvalue weighted by molar-refractivity contribution is -0.113. The largest absolute Gasteiger partial charge is 0.495 e. The molecular formula is C20H25ClN4O4S. The highest BCUT2D eigenvalue weighted by Gasteiger charge is 2.32. The van der Waals surface area contributed by atoms with E-state index in [-0.39, 0.29) is 17.8 Å². The van der Waals surface area contributed by atoms with Crippen LogP contribution in [0.25, 0.3) is 0 Å². The number of ether oxygens (including phenoxy) is 3. The number of carbonyl (C=O) groups is 1. The summed E-state index contributed by atoms with van der Waals surface area (Å²) in [5.41, 5.74) is 0.504. The predicted molar refractivity (Wildman–Crippen MR) is 115 cm³/mol. The van der Waals surface area contributed by atoms with Crippen molar-refractivity contribution in [2.24, 2.45) is 0 Å². The molecule has 2 aromatic rings. The number of carbonyl (C=O) groups excluding carboxylic acids is 1. The molecule has 1 unspecified atom stereocenters. The van der Waals surface area contributed by atoms with Crippen LogP contribution in [0.15, 0.2) is 17.3 Å². The molecule has 10 heteroatoms. The smallest absolute Gasteiger partial charge is 0.234 e. The van der Waals surface area contributed by atoms with Gasteiger partial charge in [0.15, 0.2) is 5.16 Å². The normalized spacial score (nSPS) is 18.4. The number of benzene rings is 1. The zero-order chi connectivity index (χ0) is 21.1. The molecule has 162 valence electrons. The molecule has 1 aromatic carbocycles. The van der Waals surface area contributed by atoms with Crippen LogP contribution in [0.2, 0.25) is 5.02 Å². The number of aromatic nitrogens is 3. The average Bonchev–Trinajstić information content (AvgIpc) is 3.31. The van der Waals surface area contributed by atoms with Crippen molar-refractivity contribution in [3.63, 3.8) is 0 Å². The Morgan fingerprint density at radius 2 is 2.07 bits per heavy atom. The van der Waals surface area contributed by atoms with E-state index in [1.165, 1.54) is 26.0 Å². The van der Waals surface area contributed by atoms with E-state index in [0.717, 1.165) is 49.8 Å². The van der Waals surface area contributed by atoms with Gasteiger partial charge in [0.25, 0.3) is 0 Å². The molecule has 1 N–H and O–H groups in total. The lowest BCUT2D eigenvalue weighted by Crippen LogP contribution is -2.19. The van der Waals surface area contributed by atoms with Crippen molar-refractivity contribution in [2.45, 2.75) is 49.4 Å². The fourth-order valence-corrected chi connectivity index (χ4v) is 4.47. The van der Waals surface area contributed by atoms with Gasteiger partial charge in [-0.05, 0) is 25.7 Å². The van der Waals surface area contributed by atoms with Crippen LogP contribution in [0.3, 0.4) is 0 Å². The molecule has 2 aliphatic rings. The molecule has 1 saturated carbocycles. The van der Waals surface area contributed by atoms with E-state index in [9.17, 15) is 4.79 Å². The van der Waals surface area contributed by atoms with Gasteiger partial charge in [0.2, 0.25) is 5.91 Å². The van der Waals surface area contributed by atoms with Crippen LogP contribution in [0.5, 0.6) is 11.5 Å². The first-order valence-corrected chi connectivity index (χ1v) is 11.3. The summed E-state index contributed by atoms with van der Waals surface area (Å²) in [6.45, 7) is 1.55. The summed E-state index contributed by atoms with van der Waals surface area (Å²) in [5, 5.41) is 12.8. The first-order chi connectivity index (χ1) is 14.6. The van der Waals surface area contributed by atoms with Crippen LogP contribution in [0.1, 0.15) is 37.4 Å². The second kappa shape index (κ2) is 9.45. The molecule has 1 aromatic heterocycles. The Balaban J connectivity index is 1.43. The van der Waals surface area contributed by atoms with Gasteiger partial charge >= 0.3 is 0 Å². The number of hydrogen-bond donors (Lipinski definition) is 1. The number of amides is 1. The lowest BCUT2D eigenvalue weighted by atomic mass is 10.2. The molecule has 4 rings (SSSR count). The molecule has 1 aliphatic heterocycles. The molecule has 1 aliphatic carbocycles. The van der Waals surface area contributed by atoms with Gasteiger partial charge in [-0.2, -0.15) is 0 Å². The Kier molecular flexibility index (Phi) is 6.70. The Labute approximate surface area is 184 Å². The van der Waals surface area contributed by atoms with Gasteiger partial charge in [-0.15, -0.1) is 10.2 Å². The second-order valence-electron chi connectivity index (χ2n) is 7.38. The predicted octanol–water partition coefficient (Wildman–Crippen LogP) is 3.74. The number of nitrogens with zero attached hydrogens (tertiary/aromatic N) is 3. The highest BCUT2D eigenvalue weighted by molar-refractivity contribution is 7.99. The maximum absolute atomic E-state index is 12.6. The van der Waals surface area contributed by atoms with Crippen LogP contribution in [-0.4, -0.2) is 53.4 Å². The van der Waals surface area contributed by atoms with Crippen molar-refractivity contribution in [1.82, 2.24) is 14.8 Å². The van der Waals surface area contributed by atoms with Crippen molar-refractivity contribution >= 4 is 35.0 Å². The van der Waals surface area contributed by atoms with Crippen molar-refractivity contribution in [3.8, 4) is 11.5 Å². The van der Waals surface area contributed by atoms with E-state index in [1.54, 1.807) is 12.1 Å². The summed E-state index contributed by atoms with van der Waals surface area (Å²) in [5.74, 6) is 2.44. The third-order valence-corrected chi connectivity index (χ3v) is 6.44. The zero-order valence-electron chi connectivity index (χ0n) is 17.0.